The van der Waals surface area contributed by atoms with Crippen LogP contribution in [0.15, 0.2) is 0 Å². The summed E-state index contributed by atoms with van der Waals surface area (Å²) in [7, 11) is 0. The van der Waals surface area contributed by atoms with Crippen LogP contribution in [-0.2, 0) is 0 Å². The van der Waals surface area contributed by atoms with Crippen LogP contribution >= 0.6 is 0 Å². The Morgan fingerprint density at radius 1 is 1.00 bits per heavy atom. The highest BCUT2D eigenvalue weighted by Crippen LogP contribution is 2.22. The molecule has 1 aliphatic carbocycles. The van der Waals surface area contributed by atoms with E-state index in [1.54, 1.807) is 0 Å². The Morgan fingerprint density at radius 3 is 1.94 bits per heavy atom. The van der Waals surface area contributed by atoms with Crippen molar-refractivity contribution in [1.29, 1.82) is 10.5 Å². The Labute approximate surface area is 97.6 Å². The zero-order chi connectivity index (χ0) is 11.8. The number of rotatable bonds is 5. The van der Waals surface area contributed by atoms with Crippen molar-refractivity contribution in [2.75, 3.05) is 13.1 Å². The van der Waals surface area contributed by atoms with Gasteiger partial charge in [0.05, 0.1) is 12.1 Å². The van der Waals surface area contributed by atoms with Gasteiger partial charge in [0.15, 0.2) is 0 Å². The maximum absolute atomic E-state index is 8.62. The molecule has 0 aliphatic heterocycles. The van der Waals surface area contributed by atoms with E-state index < -0.39 is 0 Å². The van der Waals surface area contributed by atoms with Crippen molar-refractivity contribution in [1.82, 2.24) is 4.90 Å². The Bertz CT molecular complexity index is 250. The Hall–Kier alpha value is -1.10. The molecule has 0 aromatic rings. The van der Waals surface area contributed by atoms with Gasteiger partial charge in [0.25, 0.3) is 0 Å². The van der Waals surface area contributed by atoms with Gasteiger partial charge in [0.2, 0.25) is 0 Å². The average molecular weight is 220 g/mol. The molecule has 0 aromatic carbocycles. The summed E-state index contributed by atoms with van der Waals surface area (Å²) in [6.45, 7) is 1.58. The summed E-state index contributed by atoms with van der Waals surface area (Å²) in [6, 6.07) is 5.23. The van der Waals surface area contributed by atoms with E-state index in [2.05, 4.69) is 17.0 Å². The van der Waals surface area contributed by atoms with Gasteiger partial charge < -0.3 is 5.73 Å². The quantitative estimate of drug-likeness (QED) is 0.759. The van der Waals surface area contributed by atoms with E-state index in [1.165, 1.54) is 0 Å². The normalized spacial score (nSPS) is 25.0. The van der Waals surface area contributed by atoms with Crippen molar-refractivity contribution in [2.45, 2.75) is 50.6 Å². The van der Waals surface area contributed by atoms with Gasteiger partial charge in [-0.1, -0.05) is 0 Å². The minimum Gasteiger partial charge on any atom is -0.328 e. The molecule has 0 heterocycles. The summed E-state index contributed by atoms with van der Waals surface area (Å²) in [6.07, 6.45) is 5.46. The summed E-state index contributed by atoms with van der Waals surface area (Å²) in [5, 5.41) is 17.2. The Morgan fingerprint density at radius 2 is 1.50 bits per heavy atom. The van der Waals surface area contributed by atoms with Gasteiger partial charge in [-0.2, -0.15) is 10.5 Å². The maximum atomic E-state index is 8.62. The number of nitrogens with zero attached hydrogens (tertiary/aromatic N) is 3. The second-order valence-electron chi connectivity index (χ2n) is 4.42. The minimum atomic E-state index is 0.352. The lowest BCUT2D eigenvalue weighted by Crippen LogP contribution is -2.41. The molecule has 0 spiro atoms. The molecule has 0 amide bonds. The zero-order valence-electron chi connectivity index (χ0n) is 9.73. The molecule has 0 radical (unpaired) electrons. The molecule has 16 heavy (non-hydrogen) atoms. The topological polar surface area (TPSA) is 76.8 Å². The van der Waals surface area contributed by atoms with Crippen LogP contribution < -0.4 is 5.73 Å². The second-order valence-corrected chi connectivity index (χ2v) is 4.42. The van der Waals surface area contributed by atoms with Gasteiger partial charge >= 0.3 is 0 Å². The molecule has 1 aliphatic rings. The third kappa shape index (κ3) is 4.18. The SMILES string of the molecule is N#CCCN(CCC#N)C1CCC(N)CC1. The molecular formula is C12H20N4. The van der Waals surface area contributed by atoms with Crippen LogP contribution in [0.3, 0.4) is 0 Å². The molecular weight excluding hydrogens is 200 g/mol. The molecule has 0 atom stereocenters. The highest BCUT2D eigenvalue weighted by atomic mass is 15.1. The largest absolute Gasteiger partial charge is 0.328 e. The van der Waals surface area contributed by atoms with Crippen molar-refractivity contribution in [3.05, 3.63) is 0 Å². The predicted octanol–water partition coefficient (Wildman–Crippen LogP) is 1.39. The standard InChI is InChI=1S/C12H20N4/c13-7-1-9-16(10-2-8-14)12-5-3-11(15)4-6-12/h11-12H,1-6,9-10,15H2. The highest BCUT2D eigenvalue weighted by Gasteiger charge is 2.23. The molecule has 1 rings (SSSR count). The van der Waals surface area contributed by atoms with Crippen LogP contribution in [0.4, 0.5) is 0 Å². The fourth-order valence-corrected chi connectivity index (χ4v) is 2.33. The number of nitriles is 2. The molecule has 0 aromatic heterocycles. The molecule has 0 bridgehead atoms. The molecule has 2 N–H and O–H groups in total. The van der Waals surface area contributed by atoms with E-state index in [-0.39, 0.29) is 0 Å². The summed E-state index contributed by atoms with van der Waals surface area (Å²) in [5.41, 5.74) is 5.87. The number of nitrogens with two attached hydrogens (primary N) is 1. The summed E-state index contributed by atoms with van der Waals surface area (Å²) in [5.74, 6) is 0. The monoisotopic (exact) mass is 220 g/mol. The number of hydrogen-bond donors (Lipinski definition) is 1. The molecule has 88 valence electrons. The zero-order valence-corrected chi connectivity index (χ0v) is 9.73. The smallest absolute Gasteiger partial charge is 0.0635 e. The van der Waals surface area contributed by atoms with Crippen molar-refractivity contribution in [2.24, 2.45) is 5.73 Å². The van der Waals surface area contributed by atoms with Crippen molar-refractivity contribution >= 4 is 0 Å². The van der Waals surface area contributed by atoms with Crippen LogP contribution in [0, 0.1) is 22.7 Å². The minimum absolute atomic E-state index is 0.352. The first-order chi connectivity index (χ1) is 7.77. The lowest BCUT2D eigenvalue weighted by atomic mass is 9.90. The fourth-order valence-electron chi connectivity index (χ4n) is 2.33. The second kappa shape index (κ2) is 7.22. The Balaban J connectivity index is 2.41. The molecule has 1 saturated carbocycles. The Kier molecular flexibility index (Phi) is 5.85. The van der Waals surface area contributed by atoms with Crippen molar-refractivity contribution in [3.63, 3.8) is 0 Å². The summed E-state index contributed by atoms with van der Waals surface area (Å²) >= 11 is 0. The van der Waals surface area contributed by atoms with Gasteiger partial charge in [0, 0.05) is 38.0 Å². The van der Waals surface area contributed by atoms with Gasteiger partial charge in [-0.3, -0.25) is 4.90 Å². The first-order valence-corrected chi connectivity index (χ1v) is 6.01. The van der Waals surface area contributed by atoms with Gasteiger partial charge in [0.1, 0.15) is 0 Å². The van der Waals surface area contributed by atoms with E-state index in [0.29, 0.717) is 24.9 Å². The summed E-state index contributed by atoms with van der Waals surface area (Å²) in [4.78, 5) is 2.29. The van der Waals surface area contributed by atoms with Crippen molar-refractivity contribution in [3.8, 4) is 12.1 Å². The lowest BCUT2D eigenvalue weighted by Gasteiger charge is -2.35. The van der Waals surface area contributed by atoms with Crippen molar-refractivity contribution < 1.29 is 0 Å². The third-order valence-corrected chi connectivity index (χ3v) is 3.28. The van der Waals surface area contributed by atoms with Crippen LogP contribution in [0.1, 0.15) is 38.5 Å². The number of hydrogen-bond acceptors (Lipinski definition) is 4. The molecule has 1 fully saturated rings. The van der Waals surface area contributed by atoms with E-state index in [0.717, 1.165) is 38.8 Å². The highest BCUT2D eigenvalue weighted by molar-refractivity contribution is 4.85. The van der Waals surface area contributed by atoms with Gasteiger partial charge in [-0.05, 0) is 25.7 Å². The van der Waals surface area contributed by atoms with Crippen LogP contribution in [0.2, 0.25) is 0 Å². The van der Waals surface area contributed by atoms with Crippen LogP contribution in [0.25, 0.3) is 0 Å². The van der Waals surface area contributed by atoms with E-state index >= 15 is 0 Å². The van der Waals surface area contributed by atoms with E-state index in [1.807, 2.05) is 0 Å². The van der Waals surface area contributed by atoms with Crippen LogP contribution in [0.5, 0.6) is 0 Å². The predicted molar refractivity (Wildman–Crippen MR) is 62.3 cm³/mol. The molecule has 4 nitrogen and oxygen atoms in total. The molecule has 0 saturated heterocycles. The van der Waals surface area contributed by atoms with E-state index in [4.69, 9.17) is 16.3 Å². The van der Waals surface area contributed by atoms with Gasteiger partial charge in [-0.15, -0.1) is 0 Å². The molecule has 4 heteroatoms. The van der Waals surface area contributed by atoms with Crippen LogP contribution in [-0.4, -0.2) is 30.1 Å². The molecule has 0 unspecified atom stereocenters. The lowest BCUT2D eigenvalue weighted by molar-refractivity contribution is 0.155. The fraction of sp³-hybridized carbons (Fsp3) is 0.833. The van der Waals surface area contributed by atoms with E-state index in [9.17, 15) is 0 Å². The first-order valence-electron chi connectivity index (χ1n) is 6.01. The third-order valence-electron chi connectivity index (χ3n) is 3.28. The average Bonchev–Trinajstić information content (AvgIpc) is 2.31. The first kappa shape index (κ1) is 13.0. The van der Waals surface area contributed by atoms with Gasteiger partial charge in [-0.25, -0.2) is 0 Å². The summed E-state index contributed by atoms with van der Waals surface area (Å²) < 4.78 is 0. The maximum Gasteiger partial charge on any atom is 0.0635 e.